The number of ether oxygens (including phenoxy) is 2. The highest BCUT2D eigenvalue weighted by molar-refractivity contribution is 5.67. The van der Waals surface area contributed by atoms with Gasteiger partial charge in [0.05, 0.1) is 12.3 Å². The number of pyridine rings is 1. The number of amides is 1. The molecule has 1 aromatic heterocycles. The van der Waals surface area contributed by atoms with Gasteiger partial charge >= 0.3 is 6.09 Å². The molecule has 1 aromatic carbocycles. The van der Waals surface area contributed by atoms with E-state index < -0.39 is 0 Å². The van der Waals surface area contributed by atoms with E-state index in [0.717, 1.165) is 55.4 Å². The minimum Gasteiger partial charge on any atom is -0.491 e. The first-order chi connectivity index (χ1) is 14.2. The Morgan fingerprint density at radius 2 is 2.10 bits per heavy atom. The van der Waals surface area contributed by atoms with Crippen LogP contribution in [0.1, 0.15) is 17.7 Å². The van der Waals surface area contributed by atoms with Crippen molar-refractivity contribution >= 4 is 11.9 Å². The molecule has 154 valence electrons. The molecular formula is C22H28N4O3. The third-order valence-electron chi connectivity index (χ3n) is 5.55. The normalized spacial score (nSPS) is 18.8. The Hall–Kier alpha value is -2.80. The van der Waals surface area contributed by atoms with E-state index in [1.54, 1.807) is 0 Å². The monoisotopic (exact) mass is 396 g/mol. The summed E-state index contributed by atoms with van der Waals surface area (Å²) < 4.78 is 11.0. The number of carbonyl (C=O) groups excluding carboxylic acids is 1. The lowest BCUT2D eigenvalue weighted by Gasteiger charge is -2.39. The first-order valence-electron chi connectivity index (χ1n) is 10.2. The third kappa shape index (κ3) is 4.98. The second-order valence-corrected chi connectivity index (χ2v) is 7.58. The summed E-state index contributed by atoms with van der Waals surface area (Å²) in [6.45, 7) is 4.05. The third-order valence-corrected chi connectivity index (χ3v) is 5.55. The summed E-state index contributed by atoms with van der Waals surface area (Å²) in [5, 5.41) is 3.40. The predicted molar refractivity (Wildman–Crippen MR) is 111 cm³/mol. The molecule has 4 rings (SSSR count). The van der Waals surface area contributed by atoms with Gasteiger partial charge in [-0.1, -0.05) is 30.3 Å². The van der Waals surface area contributed by atoms with Crippen molar-refractivity contribution in [3.63, 3.8) is 0 Å². The maximum Gasteiger partial charge on any atom is 0.410 e. The summed E-state index contributed by atoms with van der Waals surface area (Å²) in [7, 11) is 2.11. The van der Waals surface area contributed by atoms with Crippen LogP contribution in [0.4, 0.5) is 10.6 Å². The minimum absolute atomic E-state index is 0.236. The molecule has 0 aliphatic carbocycles. The van der Waals surface area contributed by atoms with Crippen LogP contribution in [0.2, 0.25) is 0 Å². The maximum atomic E-state index is 12.5. The summed E-state index contributed by atoms with van der Waals surface area (Å²) in [6, 6.07) is 14.0. The van der Waals surface area contributed by atoms with Crippen molar-refractivity contribution in [1.82, 2.24) is 14.8 Å². The molecule has 2 aliphatic heterocycles. The Morgan fingerprint density at radius 3 is 2.97 bits per heavy atom. The van der Waals surface area contributed by atoms with Gasteiger partial charge in [-0.05, 0) is 31.2 Å². The SMILES string of the molecule is CN1CCN(C(=O)OCc2ccccc2)C[C@H]1CCNc1ccc2c(n1)CCO2. The van der Waals surface area contributed by atoms with Crippen LogP contribution in [0.25, 0.3) is 0 Å². The van der Waals surface area contributed by atoms with E-state index in [2.05, 4.69) is 22.2 Å². The summed E-state index contributed by atoms with van der Waals surface area (Å²) in [5.74, 6) is 1.78. The van der Waals surface area contributed by atoms with Crippen molar-refractivity contribution in [2.24, 2.45) is 0 Å². The zero-order valence-corrected chi connectivity index (χ0v) is 16.8. The molecule has 0 spiro atoms. The molecule has 7 nitrogen and oxygen atoms in total. The zero-order chi connectivity index (χ0) is 20.1. The molecular weight excluding hydrogens is 368 g/mol. The van der Waals surface area contributed by atoms with Crippen LogP contribution < -0.4 is 10.1 Å². The average molecular weight is 396 g/mol. The first kappa shape index (κ1) is 19.5. The van der Waals surface area contributed by atoms with Crippen LogP contribution in [-0.2, 0) is 17.8 Å². The molecule has 0 bridgehead atoms. The van der Waals surface area contributed by atoms with Crippen LogP contribution in [0, 0.1) is 0 Å². The highest BCUT2D eigenvalue weighted by atomic mass is 16.6. The van der Waals surface area contributed by atoms with Gasteiger partial charge in [0, 0.05) is 38.6 Å². The molecule has 1 saturated heterocycles. The molecule has 1 N–H and O–H groups in total. The molecule has 7 heteroatoms. The van der Waals surface area contributed by atoms with Gasteiger partial charge in [0.15, 0.2) is 0 Å². The number of hydrogen-bond acceptors (Lipinski definition) is 6. The Morgan fingerprint density at radius 1 is 1.24 bits per heavy atom. The van der Waals surface area contributed by atoms with Crippen LogP contribution in [0.15, 0.2) is 42.5 Å². The first-order valence-corrected chi connectivity index (χ1v) is 10.2. The fourth-order valence-electron chi connectivity index (χ4n) is 3.76. The summed E-state index contributed by atoms with van der Waals surface area (Å²) >= 11 is 0. The van der Waals surface area contributed by atoms with Crippen LogP contribution in [0.3, 0.4) is 0 Å². The number of piperazine rings is 1. The second-order valence-electron chi connectivity index (χ2n) is 7.58. The lowest BCUT2D eigenvalue weighted by atomic mass is 10.1. The van der Waals surface area contributed by atoms with Gasteiger partial charge in [0.25, 0.3) is 0 Å². The molecule has 1 fully saturated rings. The van der Waals surface area contributed by atoms with Crippen LogP contribution in [-0.4, -0.2) is 66.8 Å². The number of rotatable bonds is 6. The topological polar surface area (TPSA) is 66.9 Å². The molecule has 0 saturated carbocycles. The number of carbonyl (C=O) groups is 1. The smallest absolute Gasteiger partial charge is 0.410 e. The maximum absolute atomic E-state index is 12.5. The standard InChI is InChI=1S/C22H28N4O3/c1-25-12-13-26(22(27)29-16-17-5-3-2-4-6-17)15-18(25)9-11-23-21-8-7-20-19(24-21)10-14-28-20/h2-8,18H,9-16H2,1H3,(H,23,24)/t18-/m1/s1. The molecule has 29 heavy (non-hydrogen) atoms. The number of aromatic nitrogens is 1. The Bertz CT molecular complexity index is 830. The molecule has 2 aromatic rings. The highest BCUT2D eigenvalue weighted by Crippen LogP contribution is 2.24. The van der Waals surface area contributed by atoms with Crippen molar-refractivity contribution in [3.8, 4) is 5.75 Å². The highest BCUT2D eigenvalue weighted by Gasteiger charge is 2.28. The van der Waals surface area contributed by atoms with Gasteiger partial charge < -0.3 is 19.7 Å². The number of benzene rings is 1. The summed E-state index contributed by atoms with van der Waals surface area (Å²) in [6.07, 6.45) is 1.56. The van der Waals surface area contributed by atoms with Gasteiger partial charge in [-0.25, -0.2) is 9.78 Å². The van der Waals surface area contributed by atoms with Crippen molar-refractivity contribution in [3.05, 3.63) is 53.7 Å². The molecule has 3 heterocycles. The number of anilines is 1. The number of nitrogens with zero attached hydrogens (tertiary/aromatic N) is 3. The fraction of sp³-hybridized carbons (Fsp3) is 0.455. The number of fused-ring (bicyclic) bond motifs is 1. The fourth-order valence-corrected chi connectivity index (χ4v) is 3.76. The van der Waals surface area contributed by atoms with E-state index in [-0.39, 0.29) is 6.09 Å². The zero-order valence-electron chi connectivity index (χ0n) is 16.8. The van der Waals surface area contributed by atoms with Gasteiger partial charge in [0.1, 0.15) is 18.2 Å². The van der Waals surface area contributed by atoms with E-state index in [4.69, 9.17) is 9.47 Å². The lowest BCUT2D eigenvalue weighted by molar-refractivity contribution is 0.0553. The summed E-state index contributed by atoms with van der Waals surface area (Å²) in [4.78, 5) is 21.2. The van der Waals surface area contributed by atoms with E-state index in [9.17, 15) is 4.79 Å². The van der Waals surface area contributed by atoms with Crippen molar-refractivity contribution in [2.45, 2.75) is 25.5 Å². The number of nitrogens with one attached hydrogen (secondary N) is 1. The van der Waals surface area contributed by atoms with Gasteiger partial charge in [-0.3, -0.25) is 4.90 Å². The van der Waals surface area contributed by atoms with Gasteiger partial charge in [-0.15, -0.1) is 0 Å². The van der Waals surface area contributed by atoms with Gasteiger partial charge in [-0.2, -0.15) is 0 Å². The Labute approximate surface area is 171 Å². The van der Waals surface area contributed by atoms with E-state index >= 15 is 0 Å². The largest absolute Gasteiger partial charge is 0.491 e. The number of hydrogen-bond donors (Lipinski definition) is 1. The molecule has 1 atom stereocenters. The van der Waals surface area contributed by atoms with Crippen LogP contribution in [0.5, 0.6) is 5.75 Å². The van der Waals surface area contributed by atoms with Gasteiger partial charge in [0.2, 0.25) is 0 Å². The Kier molecular flexibility index (Phi) is 6.14. The predicted octanol–water partition coefficient (Wildman–Crippen LogP) is 2.77. The van der Waals surface area contributed by atoms with E-state index in [0.29, 0.717) is 25.7 Å². The second kappa shape index (κ2) is 9.13. The van der Waals surface area contributed by atoms with Crippen LogP contribution >= 0.6 is 0 Å². The molecule has 0 unspecified atom stereocenters. The average Bonchev–Trinajstić information content (AvgIpc) is 3.22. The minimum atomic E-state index is -0.236. The van der Waals surface area contributed by atoms with Crippen molar-refractivity contribution in [1.29, 1.82) is 0 Å². The quantitative estimate of drug-likeness (QED) is 0.810. The van der Waals surface area contributed by atoms with Crippen molar-refractivity contribution in [2.75, 3.05) is 45.2 Å². The molecule has 1 amide bonds. The lowest BCUT2D eigenvalue weighted by Crippen LogP contribution is -2.53. The van der Waals surface area contributed by atoms with Crippen molar-refractivity contribution < 1.29 is 14.3 Å². The number of likely N-dealkylation sites (N-methyl/N-ethyl adjacent to an activating group) is 1. The molecule has 2 aliphatic rings. The van der Waals surface area contributed by atoms with E-state index in [1.165, 1.54) is 0 Å². The Balaban J connectivity index is 1.24. The van der Waals surface area contributed by atoms with E-state index in [1.807, 2.05) is 47.4 Å². The molecule has 0 radical (unpaired) electrons. The summed E-state index contributed by atoms with van der Waals surface area (Å²) in [5.41, 5.74) is 2.03.